The molecule has 0 aromatic heterocycles. The Bertz CT molecular complexity index is 1900. The molecular formula is C83H146N2. The van der Waals surface area contributed by atoms with E-state index in [2.05, 4.69) is 77.1 Å². The predicted octanol–water partition coefficient (Wildman–Crippen LogP) is 29.4. The molecule has 0 bridgehead atoms. The maximum atomic E-state index is 12.3. The van der Waals surface area contributed by atoms with Gasteiger partial charge in [0, 0.05) is 22.8 Å². The van der Waals surface area contributed by atoms with Crippen molar-refractivity contribution in [1.82, 2.24) is 0 Å². The first kappa shape index (κ1) is 76.8. The maximum Gasteiger partial charge on any atom is 0.210 e. The van der Waals surface area contributed by atoms with Crippen LogP contribution >= 0.6 is 0 Å². The van der Waals surface area contributed by atoms with Crippen molar-refractivity contribution >= 4 is 11.4 Å². The number of allylic oxidation sites excluding steroid dienone is 2. The van der Waals surface area contributed by atoms with Gasteiger partial charge in [0.2, 0.25) is 11.4 Å². The van der Waals surface area contributed by atoms with Crippen LogP contribution in [0.3, 0.4) is 0 Å². The van der Waals surface area contributed by atoms with Gasteiger partial charge < -0.3 is 5.53 Å². The molecule has 0 saturated carbocycles. The molecule has 0 fully saturated rings. The maximum absolute atomic E-state index is 12.3. The molecule has 2 nitrogen and oxygen atoms in total. The number of nitrogens with zero attached hydrogens (tertiary/aromatic N) is 2. The molecule has 0 aliphatic carbocycles. The Morgan fingerprint density at radius 2 is 0.412 bits per heavy atom. The van der Waals surface area contributed by atoms with E-state index in [9.17, 15) is 5.53 Å². The van der Waals surface area contributed by atoms with Gasteiger partial charge in [0.05, 0.1) is 0 Å². The molecular weight excluding hydrogens is 1020 g/mol. The van der Waals surface area contributed by atoms with E-state index in [0.717, 1.165) is 37.1 Å². The second-order valence-corrected chi connectivity index (χ2v) is 28.0. The number of hydrogen-bond donors (Lipinski definition) is 0. The molecule has 1 aliphatic rings. The van der Waals surface area contributed by atoms with Crippen LogP contribution in [-0.2, 0) is 25.7 Å². The van der Waals surface area contributed by atoms with Crippen LogP contribution < -0.4 is 0 Å². The molecule has 0 radical (unpaired) electrons. The number of benzene rings is 2. The van der Waals surface area contributed by atoms with Gasteiger partial charge in [0.1, 0.15) is 0 Å². The second kappa shape index (κ2) is 56.7. The van der Waals surface area contributed by atoms with Gasteiger partial charge in [0.15, 0.2) is 0 Å². The highest BCUT2D eigenvalue weighted by atomic mass is 15.2. The summed E-state index contributed by atoms with van der Waals surface area (Å²) in [5.41, 5.74) is 23.7. The van der Waals surface area contributed by atoms with Gasteiger partial charge in [-0.15, -0.1) is 0 Å². The molecule has 0 unspecified atom stereocenters. The van der Waals surface area contributed by atoms with Crippen molar-refractivity contribution < 1.29 is 4.70 Å². The molecule has 0 atom stereocenters. The second-order valence-electron chi connectivity index (χ2n) is 28.0. The van der Waals surface area contributed by atoms with Gasteiger partial charge >= 0.3 is 0 Å². The first-order valence-electron chi connectivity index (χ1n) is 39.2. The van der Waals surface area contributed by atoms with E-state index in [-0.39, 0.29) is 0 Å². The lowest BCUT2D eigenvalue weighted by Gasteiger charge is -2.14. The Balaban J connectivity index is 1.42. The smallest absolute Gasteiger partial charge is 0.210 e. The third-order valence-corrected chi connectivity index (χ3v) is 19.6. The van der Waals surface area contributed by atoms with Gasteiger partial charge in [-0.2, -0.15) is 0 Å². The predicted molar refractivity (Wildman–Crippen MR) is 382 cm³/mol. The van der Waals surface area contributed by atoms with Crippen LogP contribution in [0.4, 0.5) is 0 Å². The quantitative estimate of drug-likeness (QED) is 0.0466. The molecule has 85 heavy (non-hydrogen) atoms. The number of aryl methyl sites for hydroxylation is 4. The number of unbranched alkanes of at least 4 members (excludes halogenated alkanes) is 54. The fourth-order valence-electron chi connectivity index (χ4n) is 14.0. The van der Waals surface area contributed by atoms with E-state index in [0.29, 0.717) is 0 Å². The topological polar surface area (TPSA) is 25.3 Å². The molecule has 1 aliphatic heterocycles. The average molecular weight is 1170 g/mol. The zero-order chi connectivity index (χ0) is 60.6. The van der Waals surface area contributed by atoms with Crippen molar-refractivity contribution in [2.75, 3.05) is 0 Å². The lowest BCUT2D eigenvalue weighted by atomic mass is 9.95. The number of rotatable bonds is 64. The minimum Gasteiger partial charge on any atom is -0.493 e. The van der Waals surface area contributed by atoms with Crippen LogP contribution in [-0.4, -0.2) is 4.70 Å². The van der Waals surface area contributed by atoms with Crippen LogP contribution in [0.15, 0.2) is 48.0 Å². The normalized spacial score (nSPS) is 12.7. The first-order chi connectivity index (χ1) is 42.0. The Hall–Kier alpha value is -2.48. The summed E-state index contributed by atoms with van der Waals surface area (Å²) in [4.78, 5) is 0. The van der Waals surface area contributed by atoms with Crippen LogP contribution in [0.25, 0.3) is 16.9 Å². The minimum absolute atomic E-state index is 0.959. The van der Waals surface area contributed by atoms with Crippen LogP contribution in [0.1, 0.15) is 440 Å². The minimum atomic E-state index is 0.959. The molecule has 0 amide bonds. The molecule has 1 heterocycles. The summed E-state index contributed by atoms with van der Waals surface area (Å²) in [6.07, 6.45) is 88.5. The van der Waals surface area contributed by atoms with Gasteiger partial charge in [-0.05, 0) is 105 Å². The van der Waals surface area contributed by atoms with Gasteiger partial charge in [-0.25, -0.2) is 4.70 Å². The van der Waals surface area contributed by atoms with E-state index in [1.165, 1.54) is 411 Å². The highest BCUT2D eigenvalue weighted by molar-refractivity contribution is 5.78. The summed E-state index contributed by atoms with van der Waals surface area (Å²) >= 11 is 0. The third kappa shape index (κ3) is 41.4. The van der Waals surface area contributed by atoms with Crippen molar-refractivity contribution in [3.8, 4) is 0 Å². The number of hydrogen-bond acceptors (Lipinski definition) is 0. The largest absolute Gasteiger partial charge is 0.493 e. The summed E-state index contributed by atoms with van der Waals surface area (Å²) in [6, 6.07) is 14.7. The van der Waals surface area contributed by atoms with Crippen molar-refractivity contribution in [1.29, 1.82) is 0 Å². The van der Waals surface area contributed by atoms with Crippen LogP contribution in [0.2, 0.25) is 0 Å². The fraction of sp³-hybridized carbons (Fsp3) is 0.807. The van der Waals surface area contributed by atoms with Crippen molar-refractivity contribution in [3.05, 3.63) is 87.0 Å². The van der Waals surface area contributed by atoms with E-state index in [4.69, 9.17) is 0 Å². The SMILES string of the molecule is CCCCCCCCCCCCCCCCCCCCCCCCCc1cc(CCCCCCCC)cc(C2=CC(C)=C(c3cc(CCCCCCCC)cc(CCCCCCCCCCCCCCCCCCCCCCCCC)c3)[N+]2=[N-])c1. The highest BCUT2D eigenvalue weighted by Gasteiger charge is 2.28. The van der Waals surface area contributed by atoms with Gasteiger partial charge in [-0.1, -0.05) is 387 Å². The van der Waals surface area contributed by atoms with Crippen molar-refractivity contribution in [2.45, 2.75) is 433 Å². The Labute approximate surface area is 532 Å². The summed E-state index contributed by atoms with van der Waals surface area (Å²) in [5, 5.41) is 0. The molecule has 0 N–H and O–H groups in total. The standard InChI is InChI=1S/C83H146N2/c1-6-10-14-18-22-24-26-28-30-32-34-36-38-40-42-44-46-48-50-52-54-58-62-65-77-69-76(64-60-56-20-16-12-8-3)71-80(72-77)82-68-75(5)83(85(82)84)81-73-78(66-61-57-21-17-13-9-4)70-79(74-81)67-63-59-55-53-51-49-47-45-43-41-39-37-35-33-31-29-27-25-23-19-15-11-7-2/h68-74H,6-67H2,1-5H3. The summed E-state index contributed by atoms with van der Waals surface area (Å²) in [6.45, 7) is 11.5. The van der Waals surface area contributed by atoms with Gasteiger partial charge in [0.25, 0.3) is 0 Å². The summed E-state index contributed by atoms with van der Waals surface area (Å²) in [5.74, 6) is 0. The van der Waals surface area contributed by atoms with Crippen molar-refractivity contribution in [2.24, 2.45) is 0 Å². The molecule has 0 spiro atoms. The lowest BCUT2D eigenvalue weighted by Crippen LogP contribution is -2.05. The molecule has 2 heteroatoms. The fourth-order valence-corrected chi connectivity index (χ4v) is 14.0. The van der Waals surface area contributed by atoms with Crippen molar-refractivity contribution in [3.63, 3.8) is 0 Å². The van der Waals surface area contributed by atoms with Gasteiger partial charge in [-0.3, -0.25) is 0 Å². The molecule has 2 aromatic rings. The summed E-state index contributed by atoms with van der Waals surface area (Å²) in [7, 11) is 0. The average Bonchev–Trinajstić information content (AvgIpc) is 3.97. The van der Waals surface area contributed by atoms with E-state index in [1.54, 1.807) is 4.70 Å². The Morgan fingerprint density at radius 1 is 0.235 bits per heavy atom. The monoisotopic (exact) mass is 1170 g/mol. The first-order valence-corrected chi connectivity index (χ1v) is 39.2. The summed E-state index contributed by atoms with van der Waals surface area (Å²) < 4.78 is 1.58. The van der Waals surface area contributed by atoms with Crippen LogP contribution in [0.5, 0.6) is 0 Å². The zero-order valence-corrected chi connectivity index (χ0v) is 58.3. The molecule has 0 saturated heterocycles. The van der Waals surface area contributed by atoms with E-state index >= 15 is 0 Å². The van der Waals surface area contributed by atoms with E-state index < -0.39 is 0 Å². The Kier molecular flexibility index (Phi) is 51.2. The van der Waals surface area contributed by atoms with Crippen LogP contribution in [0, 0.1) is 0 Å². The molecule has 3 rings (SSSR count). The highest BCUT2D eigenvalue weighted by Crippen LogP contribution is 2.37. The van der Waals surface area contributed by atoms with E-state index in [1.807, 2.05) is 0 Å². The zero-order valence-electron chi connectivity index (χ0n) is 58.3. The Morgan fingerprint density at radius 3 is 0.612 bits per heavy atom. The lowest BCUT2D eigenvalue weighted by molar-refractivity contribution is -0.344. The third-order valence-electron chi connectivity index (χ3n) is 19.6. The molecule has 2 aromatic carbocycles. The molecule has 488 valence electrons.